The summed E-state index contributed by atoms with van der Waals surface area (Å²) in [7, 11) is 1.08. The molecule has 3 N–H and O–H groups in total. The fourth-order valence-corrected chi connectivity index (χ4v) is 7.73. The van der Waals surface area contributed by atoms with Crippen LogP contribution in [0.15, 0.2) is 72.9 Å². The van der Waals surface area contributed by atoms with Gasteiger partial charge in [0.2, 0.25) is 5.91 Å². The van der Waals surface area contributed by atoms with Gasteiger partial charge in [0.05, 0.1) is 39.9 Å². The summed E-state index contributed by atoms with van der Waals surface area (Å²) < 4.78 is 23.2. The van der Waals surface area contributed by atoms with Crippen molar-refractivity contribution >= 4 is 13.7 Å². The minimum atomic E-state index is -4.68. The van der Waals surface area contributed by atoms with Gasteiger partial charge in [-0.15, -0.1) is 0 Å². The van der Waals surface area contributed by atoms with Crippen LogP contribution in [0.3, 0.4) is 0 Å². The molecule has 0 aliphatic heterocycles. The predicted molar refractivity (Wildman–Crippen MR) is 266 cm³/mol. The summed E-state index contributed by atoms with van der Waals surface area (Å²) in [6, 6.07) is -1.10. The topological polar surface area (TPSA) is 128 Å². The lowest BCUT2D eigenvalue weighted by atomic mass is 10.0. The van der Waals surface area contributed by atoms with Crippen LogP contribution in [0, 0.1) is 0 Å². The van der Waals surface area contributed by atoms with Crippen LogP contribution in [-0.4, -0.2) is 79.8 Å². The first-order chi connectivity index (χ1) is 30.4. The highest BCUT2D eigenvalue weighted by atomic mass is 31.2. The number of allylic oxidation sites excluding steroid dienone is 12. The smallest absolute Gasteiger partial charge is 0.268 e. The van der Waals surface area contributed by atoms with Crippen molar-refractivity contribution in [3.05, 3.63) is 72.9 Å². The minimum Gasteiger partial charge on any atom is -0.756 e. The monoisotopic (exact) mass is 905 g/mol. The van der Waals surface area contributed by atoms with Crippen LogP contribution in [0.2, 0.25) is 0 Å². The maximum absolute atomic E-state index is 12.9. The second kappa shape index (κ2) is 43.8. The molecule has 0 saturated heterocycles. The zero-order chi connectivity index (χ0) is 46.5. The van der Waals surface area contributed by atoms with E-state index in [0.717, 1.165) is 64.2 Å². The molecule has 0 aromatic rings. The molecule has 0 aromatic heterocycles. The van der Waals surface area contributed by atoms with Crippen molar-refractivity contribution in [2.75, 3.05) is 40.9 Å². The van der Waals surface area contributed by atoms with E-state index in [-0.39, 0.29) is 18.9 Å². The van der Waals surface area contributed by atoms with Crippen LogP contribution >= 0.6 is 7.82 Å². The Labute approximate surface area is 387 Å². The van der Waals surface area contributed by atoms with Crippen LogP contribution < -0.4 is 10.2 Å². The van der Waals surface area contributed by atoms with E-state index in [1.54, 1.807) is 0 Å². The summed E-state index contributed by atoms with van der Waals surface area (Å²) in [5.41, 5.74) is 0. The first-order valence-corrected chi connectivity index (χ1v) is 26.8. The number of phosphoric ester groups is 1. The Morgan fingerprint density at radius 3 is 1.54 bits per heavy atom. The third-order valence-corrected chi connectivity index (χ3v) is 12.0. The van der Waals surface area contributed by atoms with Gasteiger partial charge in [0.15, 0.2) is 0 Å². The van der Waals surface area contributed by atoms with Gasteiger partial charge in [0, 0.05) is 6.42 Å². The fraction of sp³-hybridized carbons (Fsp3) is 0.755. The van der Waals surface area contributed by atoms with Gasteiger partial charge in [-0.05, 0) is 96.8 Å². The minimum absolute atomic E-state index is 0.0535. The van der Waals surface area contributed by atoms with E-state index in [1.165, 1.54) is 96.3 Å². The van der Waals surface area contributed by atoms with Crippen molar-refractivity contribution in [2.24, 2.45) is 0 Å². The number of likely N-dealkylation sites (N-methyl/N-ethyl adjacent to an activating group) is 1. The molecular formula is C53H97N2O7P. The number of aliphatic hydroxyl groups is 2. The molecule has 10 heteroatoms. The molecule has 0 heterocycles. The van der Waals surface area contributed by atoms with Crippen molar-refractivity contribution in [3.63, 3.8) is 0 Å². The summed E-state index contributed by atoms with van der Waals surface area (Å²) in [5.74, 6) is -0.300. The molecular weight excluding hydrogens is 808 g/mol. The number of nitrogens with one attached hydrogen (secondary N) is 1. The molecule has 0 bridgehead atoms. The molecule has 0 fully saturated rings. The Kier molecular flexibility index (Phi) is 42.3. The molecule has 9 nitrogen and oxygen atoms in total. The number of hydrogen-bond acceptors (Lipinski definition) is 7. The van der Waals surface area contributed by atoms with Crippen molar-refractivity contribution in [1.29, 1.82) is 0 Å². The summed E-state index contributed by atoms with van der Waals surface area (Å²) in [6.45, 7) is 4.17. The Bertz CT molecular complexity index is 1270. The zero-order valence-corrected chi connectivity index (χ0v) is 42.0. The molecule has 1 amide bonds. The Morgan fingerprint density at radius 1 is 0.603 bits per heavy atom. The third kappa shape index (κ3) is 44.9. The molecule has 0 rings (SSSR count). The molecule has 0 aliphatic carbocycles. The van der Waals surface area contributed by atoms with Crippen LogP contribution in [0.25, 0.3) is 0 Å². The molecule has 4 atom stereocenters. The molecule has 366 valence electrons. The lowest BCUT2D eigenvalue weighted by Gasteiger charge is -2.31. The van der Waals surface area contributed by atoms with Gasteiger partial charge in [-0.3, -0.25) is 9.36 Å². The normalized spacial score (nSPS) is 15.2. The molecule has 4 unspecified atom stereocenters. The molecule has 0 radical (unpaired) electrons. The van der Waals surface area contributed by atoms with E-state index in [1.807, 2.05) is 28.1 Å². The van der Waals surface area contributed by atoms with E-state index >= 15 is 0 Å². The van der Waals surface area contributed by atoms with Gasteiger partial charge in [0.25, 0.3) is 7.82 Å². The number of phosphoric acid groups is 1. The predicted octanol–water partition coefficient (Wildman–Crippen LogP) is 13.1. The van der Waals surface area contributed by atoms with Gasteiger partial charge >= 0.3 is 0 Å². The number of unbranched alkanes of at least 4 members (excludes halogenated alkanes) is 20. The number of aliphatic hydroxyl groups excluding tert-OH is 2. The van der Waals surface area contributed by atoms with Crippen molar-refractivity contribution < 1.29 is 38.0 Å². The number of hydrogen-bond donors (Lipinski definition) is 3. The van der Waals surface area contributed by atoms with Gasteiger partial charge in [0.1, 0.15) is 19.3 Å². The first-order valence-electron chi connectivity index (χ1n) is 25.3. The SMILES string of the molecule is C/C=C/CC/C=C/CC/C=C/CCCC(O)C(O)C(COP(=O)([O-])OCC[N+](C)(C)C)NC(=O)CCCCCCCCCCCCCC/C=C\C/C=C\C/C=C\CCCCCCC. The van der Waals surface area contributed by atoms with E-state index in [9.17, 15) is 24.5 Å². The highest BCUT2D eigenvalue weighted by molar-refractivity contribution is 7.45. The Balaban J connectivity index is 4.30. The van der Waals surface area contributed by atoms with E-state index in [2.05, 4.69) is 85.2 Å². The van der Waals surface area contributed by atoms with Gasteiger partial charge < -0.3 is 34.0 Å². The quantitative estimate of drug-likeness (QED) is 0.0240. The number of quaternary nitrogens is 1. The van der Waals surface area contributed by atoms with Gasteiger partial charge in [-0.2, -0.15) is 0 Å². The second-order valence-electron chi connectivity index (χ2n) is 18.3. The maximum Gasteiger partial charge on any atom is 0.268 e. The molecule has 0 aliphatic rings. The highest BCUT2D eigenvalue weighted by Gasteiger charge is 2.29. The second-order valence-corrected chi connectivity index (χ2v) is 19.7. The third-order valence-electron chi connectivity index (χ3n) is 11.1. The lowest BCUT2D eigenvalue weighted by molar-refractivity contribution is -0.870. The van der Waals surface area contributed by atoms with Crippen molar-refractivity contribution in [3.8, 4) is 0 Å². The molecule has 0 saturated carbocycles. The largest absolute Gasteiger partial charge is 0.756 e. The van der Waals surface area contributed by atoms with Crippen molar-refractivity contribution in [1.82, 2.24) is 5.32 Å². The highest BCUT2D eigenvalue weighted by Crippen LogP contribution is 2.38. The van der Waals surface area contributed by atoms with Gasteiger partial charge in [-0.25, -0.2) is 0 Å². The Hall–Kier alpha value is -2.10. The average molecular weight is 905 g/mol. The standard InChI is InChI=1S/C53H97N2O7P/c1-6-8-10-12-14-16-18-20-21-22-23-24-25-26-27-28-29-30-31-32-33-34-36-38-40-42-44-46-52(57)54-50(49-62-63(59,60)61-48-47-55(3,4)5)53(58)51(56)45-43-41-39-37-35-19-17-15-13-11-9-7-2/h7,9,15,17-18,20,22-23,25-26,37,39,50-51,53,56,58H,6,8,10-14,16,19,21,24,27-36,38,40-49H2,1-5H3,(H-,54,57,59,60)/b9-7+,17-15+,20-18-,23-22-,26-25-,39-37+. The first kappa shape index (κ1) is 60.9. The number of amides is 1. The lowest BCUT2D eigenvalue weighted by Crippen LogP contribution is -2.51. The van der Waals surface area contributed by atoms with Crippen LogP contribution in [0.1, 0.15) is 200 Å². The van der Waals surface area contributed by atoms with E-state index < -0.39 is 32.7 Å². The number of carbonyl (C=O) groups excluding carboxylic acids is 1. The number of nitrogens with zero attached hydrogens (tertiary/aromatic N) is 1. The van der Waals surface area contributed by atoms with E-state index in [0.29, 0.717) is 30.3 Å². The molecule has 0 spiro atoms. The van der Waals surface area contributed by atoms with E-state index in [4.69, 9.17) is 9.05 Å². The summed E-state index contributed by atoms with van der Waals surface area (Å²) in [5, 5.41) is 24.6. The molecule has 63 heavy (non-hydrogen) atoms. The van der Waals surface area contributed by atoms with Gasteiger partial charge in [-0.1, -0.05) is 170 Å². The zero-order valence-electron chi connectivity index (χ0n) is 41.1. The summed E-state index contributed by atoms with van der Waals surface area (Å²) >= 11 is 0. The maximum atomic E-state index is 12.9. The average Bonchev–Trinajstić information content (AvgIpc) is 3.24. The Morgan fingerprint density at radius 2 is 1.03 bits per heavy atom. The number of carbonyl (C=O) groups is 1. The van der Waals surface area contributed by atoms with Crippen LogP contribution in [-0.2, 0) is 18.4 Å². The molecule has 0 aromatic carbocycles. The van der Waals surface area contributed by atoms with Crippen LogP contribution in [0.5, 0.6) is 0 Å². The summed E-state index contributed by atoms with van der Waals surface area (Å²) in [6.07, 6.45) is 55.4. The number of rotatable bonds is 45. The van der Waals surface area contributed by atoms with Crippen molar-refractivity contribution in [2.45, 2.75) is 218 Å². The van der Waals surface area contributed by atoms with Crippen LogP contribution in [0.4, 0.5) is 0 Å². The fourth-order valence-electron chi connectivity index (χ4n) is 7.01. The summed E-state index contributed by atoms with van der Waals surface area (Å²) in [4.78, 5) is 25.4.